The third-order valence-electron chi connectivity index (χ3n) is 4.79. The number of fused-ring (bicyclic) bond motifs is 1. The van der Waals surface area contributed by atoms with E-state index in [9.17, 15) is 9.59 Å². The van der Waals surface area contributed by atoms with E-state index in [1.54, 1.807) is 11.8 Å². The maximum atomic E-state index is 12.9. The normalized spacial score (nSPS) is 15.8. The molecule has 0 aliphatic carbocycles. The van der Waals surface area contributed by atoms with Crippen LogP contribution in [0.2, 0.25) is 0 Å². The molecule has 2 amide bonds. The van der Waals surface area contributed by atoms with Crippen molar-refractivity contribution in [1.82, 2.24) is 19.6 Å². The van der Waals surface area contributed by atoms with Crippen LogP contribution in [0.1, 0.15) is 56.8 Å². The molecular weight excluding hydrogens is 344 g/mol. The lowest BCUT2D eigenvalue weighted by Crippen LogP contribution is -2.46. The Labute approximate surface area is 159 Å². The Morgan fingerprint density at radius 3 is 2.59 bits per heavy atom. The molecule has 3 heterocycles. The van der Waals surface area contributed by atoms with Crippen LogP contribution in [0.25, 0.3) is 5.52 Å². The standard InChI is InChI=1S/C20H28N4O3/c1-5-27-19(26)23-12-9-14(10-13-23)21-17(25)16-15-8-6-7-11-24(15)18(22-16)20(2,3)4/h6-8,11,14H,5,9-10,12-13H2,1-4H3,(H,21,25). The SMILES string of the molecule is CCOC(=O)N1CCC(NC(=O)c2nc(C(C)(C)C)n3ccccc23)CC1. The summed E-state index contributed by atoms with van der Waals surface area (Å²) in [5.41, 5.74) is 1.09. The van der Waals surface area contributed by atoms with Crippen LogP contribution in [0.15, 0.2) is 24.4 Å². The Hall–Kier alpha value is -2.57. The summed E-state index contributed by atoms with van der Waals surface area (Å²) in [7, 11) is 0. The highest BCUT2D eigenvalue weighted by molar-refractivity contribution is 5.99. The zero-order valence-corrected chi connectivity index (χ0v) is 16.5. The number of imidazole rings is 1. The van der Waals surface area contributed by atoms with Crippen LogP contribution in [0, 0.1) is 0 Å². The predicted octanol–water partition coefficient (Wildman–Crippen LogP) is 2.98. The van der Waals surface area contributed by atoms with Crippen LogP contribution in [-0.4, -0.2) is 52.0 Å². The third kappa shape index (κ3) is 4.07. The molecule has 1 aliphatic heterocycles. The number of hydrogen-bond acceptors (Lipinski definition) is 4. The summed E-state index contributed by atoms with van der Waals surface area (Å²) in [6.07, 6.45) is 3.08. The van der Waals surface area contributed by atoms with E-state index in [2.05, 4.69) is 31.1 Å². The molecule has 146 valence electrons. The molecule has 0 unspecified atom stereocenters. The van der Waals surface area contributed by atoms with Crippen LogP contribution in [-0.2, 0) is 10.2 Å². The quantitative estimate of drug-likeness (QED) is 0.899. The van der Waals surface area contributed by atoms with E-state index in [0.717, 1.165) is 11.3 Å². The summed E-state index contributed by atoms with van der Waals surface area (Å²) in [5.74, 6) is 0.698. The highest BCUT2D eigenvalue weighted by Crippen LogP contribution is 2.25. The van der Waals surface area contributed by atoms with Gasteiger partial charge in [-0.25, -0.2) is 9.78 Å². The van der Waals surface area contributed by atoms with Gasteiger partial charge in [0.05, 0.1) is 12.1 Å². The minimum Gasteiger partial charge on any atom is -0.450 e. The van der Waals surface area contributed by atoms with Crippen LogP contribution < -0.4 is 5.32 Å². The highest BCUT2D eigenvalue weighted by atomic mass is 16.6. The number of carbonyl (C=O) groups excluding carboxylic acids is 2. The van der Waals surface area contributed by atoms with Crippen molar-refractivity contribution in [3.63, 3.8) is 0 Å². The van der Waals surface area contributed by atoms with Crippen molar-refractivity contribution in [2.45, 2.75) is 52.0 Å². The molecule has 2 aromatic heterocycles. The molecular formula is C20H28N4O3. The first kappa shape index (κ1) is 19.2. The molecule has 2 aromatic rings. The lowest BCUT2D eigenvalue weighted by atomic mass is 9.96. The van der Waals surface area contributed by atoms with E-state index in [-0.39, 0.29) is 23.5 Å². The molecule has 1 N–H and O–H groups in total. The Morgan fingerprint density at radius 2 is 1.96 bits per heavy atom. The molecule has 0 atom stereocenters. The number of likely N-dealkylation sites (tertiary alicyclic amines) is 1. The first-order valence-corrected chi connectivity index (χ1v) is 9.51. The number of nitrogens with zero attached hydrogens (tertiary/aromatic N) is 3. The van der Waals surface area contributed by atoms with Crippen LogP contribution in [0.3, 0.4) is 0 Å². The fraction of sp³-hybridized carbons (Fsp3) is 0.550. The van der Waals surface area contributed by atoms with E-state index in [0.29, 0.717) is 38.2 Å². The van der Waals surface area contributed by atoms with Gasteiger partial charge in [-0.1, -0.05) is 26.8 Å². The Morgan fingerprint density at radius 1 is 1.26 bits per heavy atom. The predicted molar refractivity (Wildman–Crippen MR) is 103 cm³/mol. The second-order valence-electron chi connectivity index (χ2n) is 7.92. The number of rotatable bonds is 3. The molecule has 0 radical (unpaired) electrons. The van der Waals surface area contributed by atoms with Crippen molar-refractivity contribution in [2.24, 2.45) is 0 Å². The summed E-state index contributed by atoms with van der Waals surface area (Å²) < 4.78 is 7.02. The average molecular weight is 372 g/mol. The number of piperidine rings is 1. The second kappa shape index (κ2) is 7.58. The van der Waals surface area contributed by atoms with Crippen molar-refractivity contribution in [3.05, 3.63) is 35.9 Å². The molecule has 27 heavy (non-hydrogen) atoms. The van der Waals surface area contributed by atoms with Gasteiger partial charge in [0.2, 0.25) is 0 Å². The number of hydrogen-bond donors (Lipinski definition) is 1. The van der Waals surface area contributed by atoms with Crippen molar-refractivity contribution >= 4 is 17.5 Å². The number of pyridine rings is 1. The van der Waals surface area contributed by atoms with Crippen molar-refractivity contribution in [1.29, 1.82) is 0 Å². The van der Waals surface area contributed by atoms with Crippen molar-refractivity contribution in [3.8, 4) is 0 Å². The van der Waals surface area contributed by atoms with Gasteiger partial charge in [-0.2, -0.15) is 0 Å². The molecule has 3 rings (SSSR count). The molecule has 7 heteroatoms. The van der Waals surface area contributed by atoms with E-state index >= 15 is 0 Å². The van der Waals surface area contributed by atoms with Gasteiger partial charge in [0.15, 0.2) is 5.69 Å². The molecule has 1 fully saturated rings. The van der Waals surface area contributed by atoms with E-state index in [4.69, 9.17) is 4.74 Å². The van der Waals surface area contributed by atoms with Crippen LogP contribution in [0.4, 0.5) is 4.79 Å². The van der Waals surface area contributed by atoms with Gasteiger partial charge in [0.25, 0.3) is 5.91 Å². The average Bonchev–Trinajstić information content (AvgIpc) is 3.02. The van der Waals surface area contributed by atoms with Gasteiger partial charge >= 0.3 is 6.09 Å². The van der Waals surface area contributed by atoms with Gasteiger partial charge in [-0.05, 0) is 31.9 Å². The molecule has 1 aliphatic rings. The largest absolute Gasteiger partial charge is 0.450 e. The monoisotopic (exact) mass is 372 g/mol. The molecule has 7 nitrogen and oxygen atoms in total. The fourth-order valence-electron chi connectivity index (χ4n) is 3.41. The molecule has 0 saturated carbocycles. The number of ether oxygens (including phenoxy) is 1. The van der Waals surface area contributed by atoms with Gasteiger partial charge in [0.1, 0.15) is 5.82 Å². The number of nitrogens with one attached hydrogen (secondary N) is 1. The first-order chi connectivity index (χ1) is 12.8. The second-order valence-corrected chi connectivity index (χ2v) is 7.92. The lowest BCUT2D eigenvalue weighted by Gasteiger charge is -2.31. The van der Waals surface area contributed by atoms with Crippen LogP contribution >= 0.6 is 0 Å². The maximum absolute atomic E-state index is 12.9. The summed E-state index contributed by atoms with van der Waals surface area (Å²) in [6.45, 7) is 9.59. The molecule has 0 spiro atoms. The first-order valence-electron chi connectivity index (χ1n) is 9.51. The topological polar surface area (TPSA) is 75.9 Å². The van der Waals surface area contributed by atoms with Crippen molar-refractivity contribution in [2.75, 3.05) is 19.7 Å². The molecule has 1 saturated heterocycles. The minimum absolute atomic E-state index is 0.0294. The fourth-order valence-corrected chi connectivity index (χ4v) is 3.41. The van der Waals surface area contributed by atoms with Gasteiger partial charge in [-0.15, -0.1) is 0 Å². The summed E-state index contributed by atoms with van der Waals surface area (Å²) in [4.78, 5) is 31.0. The lowest BCUT2D eigenvalue weighted by molar-refractivity contribution is 0.0858. The number of aromatic nitrogens is 2. The summed E-state index contributed by atoms with van der Waals surface area (Å²) >= 11 is 0. The Bertz CT molecular complexity index is 829. The van der Waals surface area contributed by atoms with E-state index in [1.807, 2.05) is 28.8 Å². The zero-order chi connectivity index (χ0) is 19.6. The highest BCUT2D eigenvalue weighted by Gasteiger charge is 2.28. The van der Waals surface area contributed by atoms with Gasteiger partial charge in [-0.3, -0.25) is 4.79 Å². The maximum Gasteiger partial charge on any atom is 0.409 e. The van der Waals surface area contributed by atoms with Gasteiger partial charge < -0.3 is 19.4 Å². The number of carbonyl (C=O) groups is 2. The Kier molecular flexibility index (Phi) is 5.39. The Balaban J connectivity index is 1.72. The van der Waals surface area contributed by atoms with Crippen molar-refractivity contribution < 1.29 is 14.3 Å². The zero-order valence-electron chi connectivity index (χ0n) is 16.5. The smallest absolute Gasteiger partial charge is 0.409 e. The third-order valence-corrected chi connectivity index (χ3v) is 4.79. The van der Waals surface area contributed by atoms with Crippen LogP contribution in [0.5, 0.6) is 0 Å². The minimum atomic E-state index is -0.280. The molecule has 0 aromatic carbocycles. The summed E-state index contributed by atoms with van der Waals surface area (Å²) in [5, 5.41) is 3.09. The van der Waals surface area contributed by atoms with E-state index < -0.39 is 0 Å². The molecule has 0 bridgehead atoms. The van der Waals surface area contributed by atoms with Gasteiger partial charge in [0, 0.05) is 30.7 Å². The van der Waals surface area contributed by atoms with E-state index in [1.165, 1.54) is 0 Å². The summed E-state index contributed by atoms with van der Waals surface area (Å²) in [6, 6.07) is 5.80. The number of amides is 2.